The number of nitrogens with one attached hydrogen (secondary N) is 1. The van der Waals surface area contributed by atoms with Crippen LogP contribution < -0.4 is 4.72 Å². The van der Waals surface area contributed by atoms with Crippen LogP contribution in [0.5, 0.6) is 0 Å². The van der Waals surface area contributed by atoms with Crippen LogP contribution in [-0.4, -0.2) is 15.0 Å². The lowest BCUT2D eigenvalue weighted by Gasteiger charge is -2.03. The van der Waals surface area contributed by atoms with Crippen molar-refractivity contribution in [2.24, 2.45) is 0 Å². The van der Waals surface area contributed by atoms with Crippen LogP contribution in [-0.2, 0) is 10.0 Å². The van der Waals surface area contributed by atoms with Gasteiger partial charge in [0, 0.05) is 13.0 Å². The van der Waals surface area contributed by atoms with Crippen LogP contribution in [0.3, 0.4) is 0 Å². The molecule has 0 fully saturated rings. The van der Waals surface area contributed by atoms with Crippen molar-refractivity contribution >= 4 is 33.0 Å². The third kappa shape index (κ3) is 4.32. The van der Waals surface area contributed by atoms with Gasteiger partial charge >= 0.3 is 0 Å². The predicted octanol–water partition coefficient (Wildman–Crippen LogP) is 2.79. The second-order valence-corrected chi connectivity index (χ2v) is 7.23. The molecule has 1 heterocycles. The van der Waals surface area contributed by atoms with E-state index in [4.69, 9.17) is 18.0 Å². The van der Waals surface area contributed by atoms with Gasteiger partial charge in [0.05, 0.1) is 4.34 Å². The van der Waals surface area contributed by atoms with E-state index in [-0.39, 0.29) is 4.21 Å². The molecule has 3 nitrogen and oxygen atoms in total. The smallest absolute Gasteiger partial charge is 0.210 e. The normalized spacial score (nSPS) is 11.4. The zero-order valence-corrected chi connectivity index (χ0v) is 11.9. The monoisotopic (exact) mass is 291 g/mol. The van der Waals surface area contributed by atoms with E-state index in [0.29, 0.717) is 17.3 Å². The number of rotatable bonds is 6. The Morgan fingerprint density at radius 3 is 2.76 bits per heavy atom. The van der Waals surface area contributed by atoms with Gasteiger partial charge in [-0.05, 0) is 31.4 Å². The molecule has 0 aromatic carbocycles. The maximum absolute atomic E-state index is 11.8. The van der Waals surface area contributed by atoms with Crippen LogP contribution in [0.25, 0.3) is 0 Å². The van der Waals surface area contributed by atoms with Gasteiger partial charge in [0.1, 0.15) is 4.21 Å². The van der Waals surface area contributed by atoms with Crippen LogP contribution in [0.4, 0.5) is 0 Å². The summed E-state index contributed by atoms with van der Waals surface area (Å²) in [6.07, 6.45) is 7.34. The van der Waals surface area contributed by atoms with Gasteiger partial charge in [-0.2, -0.15) is 0 Å². The summed E-state index contributed by atoms with van der Waals surface area (Å²) >= 11 is 6.91. The molecule has 0 aliphatic carbocycles. The summed E-state index contributed by atoms with van der Waals surface area (Å²) in [6.45, 7) is 2.18. The van der Waals surface area contributed by atoms with Crippen LogP contribution >= 0.6 is 22.9 Å². The van der Waals surface area contributed by atoms with E-state index in [2.05, 4.69) is 10.6 Å². The first-order chi connectivity index (χ1) is 7.97. The lowest BCUT2D eigenvalue weighted by Crippen LogP contribution is -2.23. The van der Waals surface area contributed by atoms with E-state index >= 15 is 0 Å². The van der Waals surface area contributed by atoms with Gasteiger partial charge in [-0.1, -0.05) is 11.6 Å². The maximum atomic E-state index is 11.8. The van der Waals surface area contributed by atoms with Gasteiger partial charge in [0.15, 0.2) is 0 Å². The van der Waals surface area contributed by atoms with E-state index < -0.39 is 10.0 Å². The highest BCUT2D eigenvalue weighted by atomic mass is 35.5. The van der Waals surface area contributed by atoms with E-state index in [1.165, 1.54) is 0 Å². The zero-order valence-electron chi connectivity index (χ0n) is 9.49. The maximum Gasteiger partial charge on any atom is 0.250 e. The minimum atomic E-state index is -3.42. The average Bonchev–Trinajstić information content (AvgIpc) is 2.60. The molecule has 17 heavy (non-hydrogen) atoms. The molecule has 0 bridgehead atoms. The fraction of sp³-hybridized carbons (Fsp3) is 0.455. The molecule has 0 aliphatic rings. The van der Waals surface area contributed by atoms with Crippen LogP contribution in [0, 0.1) is 19.3 Å². The Hall–Kier alpha value is -0.540. The Bertz CT molecular complexity index is 495. The molecule has 0 spiro atoms. The first-order valence-electron chi connectivity index (χ1n) is 5.16. The lowest BCUT2D eigenvalue weighted by molar-refractivity contribution is 0.579. The molecule has 0 saturated carbocycles. The van der Waals surface area contributed by atoms with Crippen molar-refractivity contribution in [3.63, 3.8) is 0 Å². The molecule has 0 radical (unpaired) electrons. The zero-order chi connectivity index (χ0) is 12.9. The number of terminal acetylenes is 1. The number of sulfonamides is 1. The number of unbranched alkanes of at least 4 members (excludes halogenated alkanes) is 2. The summed E-state index contributed by atoms with van der Waals surface area (Å²) in [6, 6.07) is 1.58. The molecule has 1 N–H and O–H groups in total. The third-order valence-corrected chi connectivity index (χ3v) is 5.63. The summed E-state index contributed by atoms with van der Waals surface area (Å²) in [7, 11) is -3.42. The van der Waals surface area contributed by atoms with Gasteiger partial charge in [-0.15, -0.1) is 23.7 Å². The van der Waals surface area contributed by atoms with Crippen LogP contribution in [0.2, 0.25) is 4.34 Å². The molecule has 0 unspecified atom stereocenters. The number of hydrogen-bond acceptors (Lipinski definition) is 3. The molecule has 0 aliphatic heterocycles. The van der Waals surface area contributed by atoms with Crippen molar-refractivity contribution in [3.8, 4) is 12.3 Å². The van der Waals surface area contributed by atoms with Crippen molar-refractivity contribution in [2.45, 2.75) is 30.4 Å². The van der Waals surface area contributed by atoms with E-state index in [0.717, 1.165) is 29.7 Å². The van der Waals surface area contributed by atoms with Crippen molar-refractivity contribution in [2.75, 3.05) is 6.54 Å². The summed E-state index contributed by atoms with van der Waals surface area (Å²) in [5.41, 5.74) is 0.782. The van der Waals surface area contributed by atoms with Crippen molar-refractivity contribution in [3.05, 3.63) is 16.0 Å². The quantitative estimate of drug-likeness (QED) is 0.647. The Labute approximate surface area is 111 Å². The highest BCUT2D eigenvalue weighted by molar-refractivity contribution is 7.91. The molecule has 6 heteroatoms. The Morgan fingerprint density at radius 1 is 1.53 bits per heavy atom. The first kappa shape index (κ1) is 14.5. The summed E-state index contributed by atoms with van der Waals surface area (Å²) < 4.78 is 27.0. The van der Waals surface area contributed by atoms with Crippen LogP contribution in [0.15, 0.2) is 10.3 Å². The molecule has 0 atom stereocenters. The third-order valence-electron chi connectivity index (χ3n) is 2.14. The van der Waals surface area contributed by atoms with Gasteiger partial charge in [0.2, 0.25) is 10.0 Å². The summed E-state index contributed by atoms with van der Waals surface area (Å²) in [5.74, 6) is 2.52. The topological polar surface area (TPSA) is 46.2 Å². The van der Waals surface area contributed by atoms with E-state index in [1.807, 2.05) is 0 Å². The second-order valence-electron chi connectivity index (χ2n) is 3.58. The molecule has 1 aromatic heterocycles. The molecule has 0 amide bonds. The largest absolute Gasteiger partial charge is 0.250 e. The second kappa shape index (κ2) is 6.41. The minimum Gasteiger partial charge on any atom is -0.210 e. The highest BCUT2D eigenvalue weighted by Gasteiger charge is 2.17. The number of aryl methyl sites for hydroxylation is 1. The number of thiophene rings is 1. The Kier molecular flexibility index (Phi) is 5.47. The fourth-order valence-corrected chi connectivity index (χ4v) is 4.02. The summed E-state index contributed by atoms with van der Waals surface area (Å²) in [4.78, 5) is 0. The van der Waals surface area contributed by atoms with Crippen molar-refractivity contribution in [1.82, 2.24) is 4.72 Å². The fourth-order valence-electron chi connectivity index (χ4n) is 1.19. The SMILES string of the molecule is C#CCCCCNS(=O)(=O)c1cc(C)c(Cl)s1. The van der Waals surface area contributed by atoms with Gasteiger partial charge < -0.3 is 0 Å². The molecule has 1 aromatic rings. The van der Waals surface area contributed by atoms with Crippen LogP contribution in [0.1, 0.15) is 24.8 Å². The summed E-state index contributed by atoms with van der Waals surface area (Å²) in [5, 5.41) is 0. The van der Waals surface area contributed by atoms with Gasteiger partial charge in [0.25, 0.3) is 0 Å². The number of hydrogen-bond donors (Lipinski definition) is 1. The Balaban J connectivity index is 2.55. The minimum absolute atomic E-state index is 0.261. The van der Waals surface area contributed by atoms with Gasteiger partial charge in [-0.3, -0.25) is 0 Å². The molecular formula is C11H14ClNO2S2. The first-order valence-corrected chi connectivity index (χ1v) is 7.84. The standard InChI is InChI=1S/C11H14ClNO2S2/c1-3-4-5-6-7-13-17(14,15)10-8-9(2)11(12)16-10/h1,8,13H,4-7H2,2H3. The Morgan fingerprint density at radius 2 is 2.24 bits per heavy atom. The average molecular weight is 292 g/mol. The predicted molar refractivity (Wildman–Crippen MR) is 71.9 cm³/mol. The molecule has 94 valence electrons. The van der Waals surface area contributed by atoms with E-state index in [9.17, 15) is 8.42 Å². The van der Waals surface area contributed by atoms with Gasteiger partial charge in [-0.25, -0.2) is 13.1 Å². The molecule has 0 saturated heterocycles. The lowest BCUT2D eigenvalue weighted by atomic mass is 10.2. The van der Waals surface area contributed by atoms with E-state index in [1.54, 1.807) is 13.0 Å². The number of halogens is 1. The van der Waals surface area contributed by atoms with Crippen molar-refractivity contribution in [1.29, 1.82) is 0 Å². The highest BCUT2D eigenvalue weighted by Crippen LogP contribution is 2.29. The molecular weight excluding hydrogens is 278 g/mol. The molecule has 1 rings (SSSR count). The van der Waals surface area contributed by atoms with Crippen molar-refractivity contribution < 1.29 is 8.42 Å².